The average Bonchev–Trinajstić information content (AvgIpc) is 2.65. The van der Waals surface area contributed by atoms with Crippen molar-refractivity contribution >= 4 is 5.97 Å². The summed E-state index contributed by atoms with van der Waals surface area (Å²) < 4.78 is 1.39. The third kappa shape index (κ3) is 1.69. The van der Waals surface area contributed by atoms with Crippen molar-refractivity contribution in [3.63, 3.8) is 0 Å². The lowest BCUT2D eigenvalue weighted by atomic mass is 10.4. The summed E-state index contributed by atoms with van der Waals surface area (Å²) in [6, 6.07) is 1.76. The highest BCUT2D eigenvalue weighted by atomic mass is 16.4. The van der Waals surface area contributed by atoms with Crippen LogP contribution >= 0.6 is 0 Å². The first-order valence-electron chi connectivity index (χ1n) is 4.25. The summed E-state index contributed by atoms with van der Waals surface area (Å²) >= 11 is 0. The van der Waals surface area contributed by atoms with Crippen LogP contribution in [0.25, 0.3) is 5.82 Å². The van der Waals surface area contributed by atoms with Gasteiger partial charge in [-0.1, -0.05) is 0 Å². The Balaban J connectivity index is 2.57. The lowest BCUT2D eigenvalue weighted by Gasteiger charge is -2.02. The number of rotatable bonds is 2. The molecule has 0 bridgehead atoms. The molecule has 6 nitrogen and oxygen atoms in total. The molecule has 0 aliphatic carbocycles. The molecule has 0 aromatic carbocycles. The highest BCUT2D eigenvalue weighted by molar-refractivity contribution is 5.88. The van der Waals surface area contributed by atoms with Gasteiger partial charge in [0.1, 0.15) is 0 Å². The highest BCUT2D eigenvalue weighted by Gasteiger charge is 2.14. The van der Waals surface area contributed by atoms with E-state index in [1.54, 1.807) is 12.3 Å². The SMILES string of the molecule is Cc1ccn(-c2nccnc2C(=O)O)n1. The van der Waals surface area contributed by atoms with Crippen LogP contribution < -0.4 is 0 Å². The quantitative estimate of drug-likeness (QED) is 0.777. The molecule has 0 aliphatic rings. The van der Waals surface area contributed by atoms with Crippen LogP contribution in [-0.2, 0) is 0 Å². The lowest BCUT2D eigenvalue weighted by Crippen LogP contribution is -2.10. The first-order valence-corrected chi connectivity index (χ1v) is 4.25. The molecule has 0 saturated carbocycles. The summed E-state index contributed by atoms with van der Waals surface area (Å²) in [4.78, 5) is 18.5. The molecule has 0 radical (unpaired) electrons. The summed E-state index contributed by atoms with van der Waals surface area (Å²) in [5.74, 6) is -0.899. The Labute approximate surface area is 85.2 Å². The Morgan fingerprint density at radius 3 is 2.73 bits per heavy atom. The Kier molecular flexibility index (Phi) is 2.17. The number of carboxylic acids is 1. The maximum absolute atomic E-state index is 10.9. The van der Waals surface area contributed by atoms with Crippen molar-refractivity contribution in [2.24, 2.45) is 0 Å². The molecular weight excluding hydrogens is 196 g/mol. The maximum atomic E-state index is 10.9. The van der Waals surface area contributed by atoms with Crippen LogP contribution in [-0.4, -0.2) is 30.8 Å². The van der Waals surface area contributed by atoms with Gasteiger partial charge >= 0.3 is 5.97 Å². The molecule has 2 aromatic heterocycles. The summed E-state index contributed by atoms with van der Waals surface area (Å²) in [6.45, 7) is 1.81. The van der Waals surface area contributed by atoms with Crippen LogP contribution in [0.4, 0.5) is 0 Å². The van der Waals surface area contributed by atoms with Crippen LogP contribution in [0.3, 0.4) is 0 Å². The van der Waals surface area contributed by atoms with Crippen molar-refractivity contribution in [2.75, 3.05) is 0 Å². The zero-order valence-corrected chi connectivity index (χ0v) is 7.95. The number of aromatic nitrogens is 4. The van der Waals surface area contributed by atoms with Gasteiger partial charge in [-0.2, -0.15) is 5.10 Å². The molecule has 2 rings (SSSR count). The van der Waals surface area contributed by atoms with E-state index in [-0.39, 0.29) is 11.5 Å². The van der Waals surface area contributed by atoms with Crippen molar-refractivity contribution in [1.82, 2.24) is 19.7 Å². The molecule has 0 fully saturated rings. The monoisotopic (exact) mass is 204 g/mol. The summed E-state index contributed by atoms with van der Waals surface area (Å²) in [7, 11) is 0. The van der Waals surface area contributed by atoms with Gasteiger partial charge in [-0.05, 0) is 13.0 Å². The van der Waals surface area contributed by atoms with Crippen LogP contribution in [0.1, 0.15) is 16.2 Å². The van der Waals surface area contributed by atoms with Crippen molar-refractivity contribution in [2.45, 2.75) is 6.92 Å². The van der Waals surface area contributed by atoms with Gasteiger partial charge in [-0.3, -0.25) is 0 Å². The second-order valence-electron chi connectivity index (χ2n) is 2.94. The second-order valence-corrected chi connectivity index (χ2v) is 2.94. The standard InChI is InChI=1S/C9H8N4O2/c1-6-2-5-13(12-6)8-7(9(14)15)10-3-4-11-8/h2-5H,1H3,(H,14,15). The smallest absolute Gasteiger partial charge is 0.358 e. The predicted octanol–water partition coefficient (Wildman–Crippen LogP) is 0.669. The number of aryl methyl sites for hydroxylation is 1. The number of hydrogen-bond acceptors (Lipinski definition) is 4. The number of hydrogen-bond donors (Lipinski definition) is 1. The maximum Gasteiger partial charge on any atom is 0.358 e. The van der Waals surface area contributed by atoms with Gasteiger partial charge in [0.25, 0.3) is 0 Å². The van der Waals surface area contributed by atoms with Crippen LogP contribution in [0.5, 0.6) is 0 Å². The van der Waals surface area contributed by atoms with Gasteiger partial charge in [0.2, 0.25) is 0 Å². The number of carbonyl (C=O) groups is 1. The summed E-state index contributed by atoms with van der Waals surface area (Å²) in [5.41, 5.74) is 0.678. The fourth-order valence-electron chi connectivity index (χ4n) is 1.18. The van der Waals surface area contributed by atoms with E-state index < -0.39 is 5.97 Å². The van der Waals surface area contributed by atoms with Crippen LogP contribution in [0, 0.1) is 6.92 Å². The first kappa shape index (κ1) is 9.32. The molecule has 0 aliphatic heterocycles. The predicted molar refractivity (Wildman–Crippen MR) is 50.9 cm³/mol. The molecule has 0 saturated heterocycles. The molecule has 2 aromatic rings. The largest absolute Gasteiger partial charge is 0.476 e. The van der Waals surface area contributed by atoms with Gasteiger partial charge in [0, 0.05) is 18.6 Å². The Morgan fingerprint density at radius 1 is 1.40 bits per heavy atom. The first-order chi connectivity index (χ1) is 7.18. The van der Waals surface area contributed by atoms with E-state index in [1.165, 1.54) is 17.1 Å². The van der Waals surface area contributed by atoms with E-state index in [0.717, 1.165) is 5.69 Å². The molecule has 2 heterocycles. The minimum atomic E-state index is -1.12. The van der Waals surface area contributed by atoms with Crippen LogP contribution in [0.2, 0.25) is 0 Å². The van der Waals surface area contributed by atoms with E-state index in [2.05, 4.69) is 15.1 Å². The second kappa shape index (κ2) is 3.49. The fraction of sp³-hybridized carbons (Fsp3) is 0.111. The van der Waals surface area contributed by atoms with Gasteiger partial charge < -0.3 is 5.11 Å². The van der Waals surface area contributed by atoms with E-state index in [0.29, 0.717) is 0 Å². The average molecular weight is 204 g/mol. The molecule has 0 spiro atoms. The molecule has 76 valence electrons. The van der Waals surface area contributed by atoms with E-state index in [1.807, 2.05) is 6.92 Å². The number of nitrogens with zero attached hydrogens (tertiary/aromatic N) is 4. The Bertz CT molecular complexity index is 506. The normalized spacial score (nSPS) is 10.2. The minimum absolute atomic E-state index is 0.111. The molecule has 6 heteroatoms. The summed E-state index contributed by atoms with van der Waals surface area (Å²) in [5, 5.41) is 13.0. The number of carboxylic acid groups (broad SMARTS) is 1. The highest BCUT2D eigenvalue weighted by Crippen LogP contribution is 2.07. The molecule has 0 atom stereocenters. The molecular formula is C9H8N4O2. The zero-order chi connectivity index (χ0) is 10.8. The molecule has 0 amide bonds. The third-order valence-corrected chi connectivity index (χ3v) is 1.82. The van der Waals surface area contributed by atoms with Crippen molar-refractivity contribution in [1.29, 1.82) is 0 Å². The summed E-state index contributed by atoms with van der Waals surface area (Å²) in [6.07, 6.45) is 4.41. The number of aromatic carboxylic acids is 1. The molecule has 0 unspecified atom stereocenters. The zero-order valence-electron chi connectivity index (χ0n) is 7.95. The fourth-order valence-corrected chi connectivity index (χ4v) is 1.18. The van der Waals surface area contributed by atoms with E-state index in [9.17, 15) is 4.79 Å². The van der Waals surface area contributed by atoms with Gasteiger partial charge in [0.15, 0.2) is 11.5 Å². The van der Waals surface area contributed by atoms with Gasteiger partial charge in [-0.25, -0.2) is 19.4 Å². The lowest BCUT2D eigenvalue weighted by molar-refractivity contribution is 0.0689. The van der Waals surface area contributed by atoms with Crippen LogP contribution in [0.15, 0.2) is 24.7 Å². The van der Waals surface area contributed by atoms with Crippen molar-refractivity contribution < 1.29 is 9.90 Å². The molecule has 1 N–H and O–H groups in total. The minimum Gasteiger partial charge on any atom is -0.476 e. The topological polar surface area (TPSA) is 80.9 Å². The third-order valence-electron chi connectivity index (χ3n) is 1.82. The molecule has 15 heavy (non-hydrogen) atoms. The van der Waals surface area contributed by atoms with Gasteiger partial charge in [-0.15, -0.1) is 0 Å². The van der Waals surface area contributed by atoms with Crippen molar-refractivity contribution in [3.05, 3.63) is 36.0 Å². The Hall–Kier alpha value is -2.24. The van der Waals surface area contributed by atoms with Crippen molar-refractivity contribution in [3.8, 4) is 5.82 Å². The van der Waals surface area contributed by atoms with Gasteiger partial charge in [0.05, 0.1) is 5.69 Å². The van der Waals surface area contributed by atoms with E-state index in [4.69, 9.17) is 5.11 Å². The Morgan fingerprint density at radius 2 is 2.13 bits per heavy atom. The van der Waals surface area contributed by atoms with E-state index >= 15 is 0 Å².